The highest BCUT2D eigenvalue weighted by molar-refractivity contribution is 5.95. The number of fused-ring (bicyclic) bond motifs is 5. The van der Waals surface area contributed by atoms with Gasteiger partial charge in [0.2, 0.25) is 35.4 Å². The summed E-state index contributed by atoms with van der Waals surface area (Å²) in [5.74, 6) is -5.26. The lowest BCUT2D eigenvalue weighted by atomic mass is 9.81. The molecule has 19 nitrogen and oxygen atoms in total. The predicted octanol–water partition coefficient (Wildman–Crippen LogP) is -1.22. The molecule has 0 radical (unpaired) electrons. The fourth-order valence-electron chi connectivity index (χ4n) is 8.27. The van der Waals surface area contributed by atoms with Crippen molar-refractivity contribution in [2.75, 3.05) is 32.7 Å². The predicted molar refractivity (Wildman–Crippen MR) is 222 cm³/mol. The third kappa shape index (κ3) is 8.85. The van der Waals surface area contributed by atoms with E-state index in [0.29, 0.717) is 62.9 Å². The molecule has 6 amide bonds. The van der Waals surface area contributed by atoms with Crippen LogP contribution in [-0.4, -0.2) is 94.8 Å². The summed E-state index contributed by atoms with van der Waals surface area (Å²) in [5, 5.41) is 27.0. The van der Waals surface area contributed by atoms with Crippen LogP contribution in [0.3, 0.4) is 0 Å². The number of esters is 1. The van der Waals surface area contributed by atoms with Gasteiger partial charge in [-0.2, -0.15) is 0 Å². The van der Waals surface area contributed by atoms with Gasteiger partial charge in [-0.25, -0.2) is 14.2 Å². The summed E-state index contributed by atoms with van der Waals surface area (Å²) in [5.41, 5.74) is 7.06. The topological polar surface area (TPSA) is 282 Å². The fraction of sp³-hybridized carbons (Fsp3) is 0.372. The van der Waals surface area contributed by atoms with E-state index in [1.807, 2.05) is 0 Å². The molecule has 4 heterocycles. The number of aryl methyl sites for hydroxylation is 1. The minimum absolute atomic E-state index is 0.0455. The summed E-state index contributed by atoms with van der Waals surface area (Å²) < 4.78 is 21.9. The lowest BCUT2D eigenvalue weighted by molar-refractivity contribution is -0.172. The highest BCUT2D eigenvalue weighted by Crippen LogP contribution is 2.46. The lowest BCUT2D eigenvalue weighted by Crippen LogP contribution is -2.52. The molecule has 3 aliphatic rings. The molecule has 330 valence electrons. The molecule has 0 saturated carbocycles. The molecule has 0 spiro atoms. The summed E-state index contributed by atoms with van der Waals surface area (Å²) >= 11 is 0. The van der Waals surface area contributed by atoms with Gasteiger partial charge in [0.25, 0.3) is 5.56 Å². The van der Waals surface area contributed by atoms with Crippen molar-refractivity contribution >= 4 is 52.3 Å². The van der Waals surface area contributed by atoms with Crippen molar-refractivity contribution in [2.24, 2.45) is 5.73 Å². The maximum Gasteiger partial charge on any atom is 0.343 e. The van der Waals surface area contributed by atoms with Crippen molar-refractivity contribution in [1.29, 1.82) is 0 Å². The van der Waals surface area contributed by atoms with Crippen LogP contribution in [-0.2, 0) is 69.9 Å². The highest BCUT2D eigenvalue weighted by atomic mass is 19.1. The third-order valence-corrected chi connectivity index (χ3v) is 11.6. The maximum absolute atomic E-state index is 15.3. The molecule has 4 aromatic rings. The van der Waals surface area contributed by atoms with Crippen molar-refractivity contribution in [2.45, 2.75) is 70.4 Å². The van der Waals surface area contributed by atoms with Crippen molar-refractivity contribution in [3.63, 3.8) is 0 Å². The molecular weight excluding hydrogens is 822 g/mol. The molecule has 0 fully saturated rings. The zero-order valence-corrected chi connectivity index (χ0v) is 34.4. The second kappa shape index (κ2) is 18.1. The molecule has 2 aromatic heterocycles. The largest absolute Gasteiger partial charge is 0.458 e. The van der Waals surface area contributed by atoms with Gasteiger partial charge in [0.05, 0.1) is 67.8 Å². The Balaban J connectivity index is 0.989. The monoisotopic (exact) mass is 867 g/mol. The highest BCUT2D eigenvalue weighted by Gasteiger charge is 2.46. The average Bonchev–Trinajstić information content (AvgIpc) is 3.65. The first-order chi connectivity index (χ1) is 30.1. The van der Waals surface area contributed by atoms with E-state index in [-0.39, 0.29) is 43.7 Å². The Morgan fingerprint density at radius 3 is 2.29 bits per heavy atom. The van der Waals surface area contributed by atoms with Crippen molar-refractivity contribution in [3.05, 3.63) is 97.6 Å². The second-order valence-corrected chi connectivity index (χ2v) is 15.5. The molecule has 2 aromatic carbocycles. The van der Waals surface area contributed by atoms with Crippen molar-refractivity contribution in [3.8, 4) is 11.4 Å². The number of carbonyl (C=O) groups excluding carboxylic acids is 7. The first kappa shape index (κ1) is 44.0. The van der Waals surface area contributed by atoms with E-state index >= 15 is 4.39 Å². The van der Waals surface area contributed by atoms with E-state index in [1.165, 1.54) is 10.6 Å². The van der Waals surface area contributed by atoms with E-state index in [1.54, 1.807) is 50.2 Å². The normalized spacial score (nSPS) is 17.3. The van der Waals surface area contributed by atoms with Gasteiger partial charge >= 0.3 is 5.97 Å². The molecule has 2 aliphatic heterocycles. The fourth-order valence-corrected chi connectivity index (χ4v) is 8.27. The summed E-state index contributed by atoms with van der Waals surface area (Å²) in [6.07, 6.45) is 0.774. The standard InChI is InChI=1S/C43H46FN9O10/c1-3-43(62)26-12-31-39-24(19-53(31)41(60)25(26)20-63-42(43)61)38-28(10-9-23-21(2)27(44)13-29(52-39)37(23)38)50-35(57)18-48-33(55)15-47-34(56)16-49-40(59)30(11-22-7-5-4-6-8-22)51-36(58)17-46-32(54)14-45/h4-8,12-13,28,30,62H,3,9-11,14-20,45H2,1-2H3,(H,46,54)(H,47,56)(H,48,55)(H,49,59)(H,50,57)(H,51,58)/t28-,30-,43-/m0/s1. The number of nitrogens with zero attached hydrogens (tertiary/aromatic N) is 2. The lowest BCUT2D eigenvalue weighted by Gasteiger charge is -2.31. The van der Waals surface area contributed by atoms with Gasteiger partial charge in [0.1, 0.15) is 18.5 Å². The molecule has 3 atom stereocenters. The molecule has 0 saturated heterocycles. The minimum atomic E-state index is -2.05. The number of ether oxygens (including phenoxy) is 1. The summed E-state index contributed by atoms with van der Waals surface area (Å²) in [6.45, 7) is 0.697. The number of hydrogen-bond donors (Lipinski definition) is 8. The zero-order valence-electron chi connectivity index (χ0n) is 34.4. The van der Waals surface area contributed by atoms with Gasteiger partial charge in [-0.05, 0) is 54.5 Å². The van der Waals surface area contributed by atoms with Gasteiger partial charge in [-0.15, -0.1) is 0 Å². The van der Waals surface area contributed by atoms with E-state index in [0.717, 1.165) is 0 Å². The van der Waals surface area contributed by atoms with Gasteiger partial charge in [-0.1, -0.05) is 37.3 Å². The summed E-state index contributed by atoms with van der Waals surface area (Å²) in [6, 6.07) is 9.89. The van der Waals surface area contributed by atoms with Gasteiger partial charge < -0.3 is 52.0 Å². The van der Waals surface area contributed by atoms with Crippen LogP contribution in [0.15, 0.2) is 47.3 Å². The van der Waals surface area contributed by atoms with Crippen LogP contribution in [0.1, 0.15) is 64.8 Å². The number of aromatic nitrogens is 2. The van der Waals surface area contributed by atoms with Crippen molar-refractivity contribution in [1.82, 2.24) is 41.5 Å². The number of cyclic esters (lactones) is 1. The zero-order chi connectivity index (χ0) is 45.2. The average molecular weight is 868 g/mol. The number of nitrogens with two attached hydrogens (primary N) is 1. The summed E-state index contributed by atoms with van der Waals surface area (Å²) in [7, 11) is 0. The van der Waals surface area contributed by atoms with Crippen molar-refractivity contribution < 1.29 is 47.8 Å². The minimum Gasteiger partial charge on any atom is -0.458 e. The molecule has 63 heavy (non-hydrogen) atoms. The van der Waals surface area contributed by atoms with Gasteiger partial charge in [0, 0.05) is 29.0 Å². The summed E-state index contributed by atoms with van der Waals surface area (Å²) in [4.78, 5) is 107. The Kier molecular flexibility index (Phi) is 12.7. The first-order valence-electron chi connectivity index (χ1n) is 20.4. The SMILES string of the molecule is CC[C@@]1(O)C(=O)OCc2c1cc1n(c2=O)Cc2c-1nc1cc(F)c(C)c3c1c2[C@@H](NC(=O)CNC(=O)CNC(=O)CNC(=O)[C@H](Cc1ccccc1)NC(=O)CNC(=O)CN)CC3. The van der Waals surface area contributed by atoms with Gasteiger partial charge in [0.15, 0.2) is 5.60 Å². The number of nitrogens with one attached hydrogen (secondary N) is 6. The van der Waals surface area contributed by atoms with Crippen LogP contribution in [0.2, 0.25) is 0 Å². The number of carbonyl (C=O) groups is 7. The Bertz CT molecular complexity index is 2640. The Morgan fingerprint density at radius 2 is 1.59 bits per heavy atom. The molecular formula is C43H46FN9O10. The van der Waals surface area contributed by atoms with Crippen LogP contribution in [0.25, 0.3) is 22.3 Å². The smallest absolute Gasteiger partial charge is 0.343 e. The quantitative estimate of drug-likeness (QED) is 0.0576. The van der Waals surface area contributed by atoms with Crippen LogP contribution in [0.4, 0.5) is 4.39 Å². The number of halogens is 1. The number of pyridine rings is 2. The Hall–Kier alpha value is -7.06. The van der Waals surface area contributed by atoms with Crippen LogP contribution in [0.5, 0.6) is 0 Å². The third-order valence-electron chi connectivity index (χ3n) is 11.6. The molecule has 0 unspecified atom stereocenters. The molecule has 20 heteroatoms. The molecule has 9 N–H and O–H groups in total. The van der Waals surface area contributed by atoms with E-state index in [9.17, 15) is 43.5 Å². The molecule has 7 rings (SSSR count). The number of benzene rings is 2. The number of amides is 6. The van der Waals surface area contributed by atoms with E-state index < -0.39 is 96.7 Å². The number of aliphatic hydroxyl groups is 1. The van der Waals surface area contributed by atoms with E-state index in [4.69, 9.17) is 15.5 Å². The van der Waals surface area contributed by atoms with E-state index in [2.05, 4.69) is 31.9 Å². The van der Waals surface area contributed by atoms with Crippen LogP contribution in [0, 0.1) is 12.7 Å². The number of hydrogen-bond acceptors (Lipinski definition) is 12. The van der Waals surface area contributed by atoms with Gasteiger partial charge in [-0.3, -0.25) is 33.6 Å². The Morgan fingerprint density at radius 1 is 0.921 bits per heavy atom. The Labute approximate surface area is 358 Å². The number of rotatable bonds is 15. The first-order valence-corrected chi connectivity index (χ1v) is 20.4. The van der Waals surface area contributed by atoms with Crippen LogP contribution >= 0.6 is 0 Å². The molecule has 0 bridgehead atoms. The molecule has 1 aliphatic carbocycles. The second-order valence-electron chi connectivity index (χ2n) is 15.5. The maximum atomic E-state index is 15.3. The van der Waals surface area contributed by atoms with Crippen LogP contribution < -0.4 is 43.2 Å².